The maximum Gasteiger partial charge on any atom is 0.411 e. The molecule has 11 heteroatoms. The summed E-state index contributed by atoms with van der Waals surface area (Å²) in [7, 11) is 0. The maximum atomic E-state index is 13.4. The molecule has 270 valence electrons. The predicted molar refractivity (Wildman–Crippen MR) is 200 cm³/mol. The molecule has 4 N–H and O–H groups in total. The molecule has 0 spiro atoms. The third kappa shape index (κ3) is 8.38. The van der Waals surface area contributed by atoms with Gasteiger partial charge in [-0.3, -0.25) is 14.9 Å². The number of piperidine rings is 1. The second-order valence-electron chi connectivity index (χ2n) is 13.6. The number of nitrogens with zero attached hydrogens (tertiary/aromatic N) is 2. The second kappa shape index (κ2) is 16.3. The van der Waals surface area contributed by atoms with Crippen molar-refractivity contribution in [2.24, 2.45) is 0 Å². The molecule has 3 heterocycles. The van der Waals surface area contributed by atoms with Crippen LogP contribution in [0.25, 0.3) is 11.1 Å². The van der Waals surface area contributed by atoms with E-state index >= 15 is 0 Å². The largest absolute Gasteiger partial charge is 0.506 e. The average Bonchev–Trinajstić information content (AvgIpc) is 3.16. The van der Waals surface area contributed by atoms with Gasteiger partial charge in [-0.25, -0.2) is 4.79 Å². The summed E-state index contributed by atoms with van der Waals surface area (Å²) in [4.78, 5) is 42.2. The highest BCUT2D eigenvalue weighted by atomic mass is 16.6. The van der Waals surface area contributed by atoms with Crippen molar-refractivity contribution in [3.63, 3.8) is 0 Å². The van der Waals surface area contributed by atoms with E-state index in [1.807, 2.05) is 71.6 Å². The summed E-state index contributed by atoms with van der Waals surface area (Å²) in [5.41, 5.74) is 7.07. The lowest BCUT2D eigenvalue weighted by Crippen LogP contribution is -2.45. The molecule has 4 aromatic carbocycles. The number of rotatable bonds is 12. The van der Waals surface area contributed by atoms with E-state index in [2.05, 4.69) is 33.0 Å². The normalized spacial score (nSPS) is 16.0. The number of likely N-dealkylation sites (tertiary alicyclic amines) is 1. The van der Waals surface area contributed by atoms with E-state index < -0.39 is 6.09 Å². The van der Waals surface area contributed by atoms with Crippen LogP contribution >= 0.6 is 0 Å². The molecule has 0 bridgehead atoms. The first-order chi connectivity index (χ1) is 25.4. The number of anilines is 2. The van der Waals surface area contributed by atoms with Gasteiger partial charge in [0.25, 0.3) is 11.8 Å². The van der Waals surface area contributed by atoms with E-state index in [0.717, 1.165) is 91.9 Å². The Kier molecular flexibility index (Phi) is 11.0. The summed E-state index contributed by atoms with van der Waals surface area (Å²) in [6.07, 6.45) is 3.32. The van der Waals surface area contributed by atoms with E-state index in [1.165, 1.54) is 5.56 Å². The molecule has 52 heavy (non-hydrogen) atoms. The van der Waals surface area contributed by atoms with Crippen molar-refractivity contribution in [3.05, 3.63) is 107 Å². The molecule has 0 radical (unpaired) electrons. The highest BCUT2D eigenvalue weighted by Gasteiger charge is 2.27. The molecule has 1 fully saturated rings. The van der Waals surface area contributed by atoms with Crippen LogP contribution in [-0.2, 0) is 28.8 Å². The lowest BCUT2D eigenvalue weighted by atomic mass is 9.95. The van der Waals surface area contributed by atoms with Crippen molar-refractivity contribution in [1.82, 2.24) is 15.1 Å². The molecule has 0 aliphatic carbocycles. The number of phenolic OH excluding ortho intramolecular Hbond substituents is 1. The third-order valence-electron chi connectivity index (χ3n) is 10.1. The van der Waals surface area contributed by atoms with E-state index in [0.29, 0.717) is 30.9 Å². The zero-order valence-corrected chi connectivity index (χ0v) is 29.2. The molecular formula is C41H45N5O6. The fraction of sp³-hybridized carbons (Fsp3) is 0.341. The van der Waals surface area contributed by atoms with Gasteiger partial charge < -0.3 is 35.0 Å². The van der Waals surface area contributed by atoms with Gasteiger partial charge in [-0.2, -0.15) is 0 Å². The van der Waals surface area contributed by atoms with Gasteiger partial charge in [0, 0.05) is 43.9 Å². The predicted octanol–water partition coefficient (Wildman–Crippen LogP) is 5.48. The standard InChI is InChI=1S/C41H45N5O6/c47-36-13-11-30(39-38(36)44-37(48)27-51-39)15-20-42-19-14-28-10-12-34-31(26-28)16-23-46(40(34)49)25-24-45-21-17-32(18-22-45)52-41(50)43-35-9-5-4-8-33(35)29-6-2-1-3-7-29/h1-13,26,32,42,47H,14-25,27H2,(H,43,50)(H,44,48). The van der Waals surface area contributed by atoms with Gasteiger partial charge in [0.2, 0.25) is 0 Å². The van der Waals surface area contributed by atoms with Gasteiger partial charge in [-0.15, -0.1) is 0 Å². The number of amides is 3. The van der Waals surface area contributed by atoms with Gasteiger partial charge in [-0.05, 0) is 85.6 Å². The summed E-state index contributed by atoms with van der Waals surface area (Å²) in [5.74, 6) is 0.350. The van der Waals surface area contributed by atoms with Crippen molar-refractivity contribution in [2.75, 3.05) is 63.1 Å². The molecule has 0 saturated carbocycles. The number of hydrogen-bond donors (Lipinski definition) is 4. The molecule has 0 aromatic heterocycles. The van der Waals surface area contributed by atoms with Crippen LogP contribution in [0.5, 0.6) is 11.5 Å². The van der Waals surface area contributed by atoms with Gasteiger partial charge in [-0.1, -0.05) is 66.7 Å². The molecule has 7 rings (SSSR count). The number of benzene rings is 4. The Morgan fingerprint density at radius 3 is 2.52 bits per heavy atom. The number of carbonyl (C=O) groups excluding carboxylic acids is 3. The third-order valence-corrected chi connectivity index (χ3v) is 10.1. The van der Waals surface area contributed by atoms with Gasteiger partial charge in [0.15, 0.2) is 12.4 Å². The van der Waals surface area contributed by atoms with Crippen LogP contribution in [0.4, 0.5) is 16.2 Å². The van der Waals surface area contributed by atoms with E-state index in [1.54, 1.807) is 6.07 Å². The fourth-order valence-corrected chi connectivity index (χ4v) is 7.22. The van der Waals surface area contributed by atoms with Crippen molar-refractivity contribution >= 4 is 29.3 Å². The Morgan fingerprint density at radius 1 is 0.885 bits per heavy atom. The number of ether oxygens (including phenoxy) is 2. The van der Waals surface area contributed by atoms with E-state index in [-0.39, 0.29) is 30.3 Å². The Hall–Kier alpha value is -5.39. The van der Waals surface area contributed by atoms with Crippen LogP contribution in [0.15, 0.2) is 84.9 Å². The summed E-state index contributed by atoms with van der Waals surface area (Å²) in [5, 5.41) is 19.2. The zero-order valence-electron chi connectivity index (χ0n) is 29.2. The fourth-order valence-electron chi connectivity index (χ4n) is 7.22. The smallest absolute Gasteiger partial charge is 0.411 e. The van der Waals surface area contributed by atoms with Crippen molar-refractivity contribution in [2.45, 2.75) is 38.2 Å². The average molecular weight is 704 g/mol. The monoisotopic (exact) mass is 703 g/mol. The highest BCUT2D eigenvalue weighted by molar-refractivity contribution is 5.98. The van der Waals surface area contributed by atoms with Gasteiger partial charge >= 0.3 is 6.09 Å². The minimum atomic E-state index is -0.434. The minimum Gasteiger partial charge on any atom is -0.506 e. The Bertz CT molecular complexity index is 1910. The number of hydrogen-bond acceptors (Lipinski definition) is 8. The molecule has 1 saturated heterocycles. The molecular weight excluding hydrogens is 658 g/mol. The molecule has 0 unspecified atom stereocenters. The van der Waals surface area contributed by atoms with Crippen LogP contribution in [0.3, 0.4) is 0 Å². The Labute approximate surface area is 303 Å². The first-order valence-corrected chi connectivity index (χ1v) is 18.1. The number of carbonyl (C=O) groups is 3. The molecule has 3 amide bonds. The van der Waals surface area contributed by atoms with Crippen LogP contribution in [0.1, 0.15) is 39.9 Å². The quantitative estimate of drug-likeness (QED) is 0.113. The molecule has 3 aliphatic heterocycles. The number of aromatic hydroxyl groups is 1. The Balaban J connectivity index is 0.814. The molecule has 3 aliphatic rings. The summed E-state index contributed by atoms with van der Waals surface area (Å²) < 4.78 is 11.4. The van der Waals surface area contributed by atoms with Gasteiger partial charge in [0.05, 0.1) is 5.69 Å². The van der Waals surface area contributed by atoms with E-state index in [4.69, 9.17) is 9.47 Å². The van der Waals surface area contributed by atoms with Crippen LogP contribution in [0, 0.1) is 0 Å². The van der Waals surface area contributed by atoms with E-state index in [9.17, 15) is 19.5 Å². The zero-order chi connectivity index (χ0) is 35.9. The van der Waals surface area contributed by atoms with Crippen LogP contribution in [0.2, 0.25) is 0 Å². The number of nitrogens with one attached hydrogen (secondary N) is 3. The first kappa shape index (κ1) is 35.0. The number of phenols is 1. The topological polar surface area (TPSA) is 132 Å². The number of para-hydroxylation sites is 1. The van der Waals surface area contributed by atoms with Gasteiger partial charge in [0.1, 0.15) is 17.5 Å². The van der Waals surface area contributed by atoms with Crippen molar-refractivity contribution in [1.29, 1.82) is 0 Å². The van der Waals surface area contributed by atoms with Crippen molar-refractivity contribution < 1.29 is 29.0 Å². The maximum absolute atomic E-state index is 13.4. The lowest BCUT2D eigenvalue weighted by molar-refractivity contribution is -0.118. The Morgan fingerprint density at radius 2 is 1.67 bits per heavy atom. The SMILES string of the molecule is O=C1COc2c(CCNCCc3ccc4c(c3)CCN(CCN3CCC(OC(=O)Nc5ccccc5-c5ccccc5)CC3)C4=O)ccc(O)c2N1. The van der Waals surface area contributed by atoms with Crippen LogP contribution in [-0.4, -0.2) is 91.3 Å². The summed E-state index contributed by atoms with van der Waals surface area (Å²) in [6.45, 7) is 5.25. The summed E-state index contributed by atoms with van der Waals surface area (Å²) >= 11 is 0. The molecule has 11 nitrogen and oxygen atoms in total. The highest BCUT2D eigenvalue weighted by Crippen LogP contribution is 2.39. The minimum absolute atomic E-state index is 0.00127. The first-order valence-electron chi connectivity index (χ1n) is 18.1. The molecule has 0 atom stereocenters. The number of fused-ring (bicyclic) bond motifs is 2. The van der Waals surface area contributed by atoms with Crippen LogP contribution < -0.4 is 20.7 Å². The summed E-state index contributed by atoms with van der Waals surface area (Å²) in [6, 6.07) is 27.3. The second-order valence-corrected chi connectivity index (χ2v) is 13.6. The molecule has 4 aromatic rings. The van der Waals surface area contributed by atoms with Crippen molar-refractivity contribution in [3.8, 4) is 22.6 Å². The lowest BCUT2D eigenvalue weighted by Gasteiger charge is -2.34.